The number of hydrogen-bond acceptors (Lipinski definition) is 4. The van der Waals surface area contributed by atoms with Crippen LogP contribution in [0.5, 0.6) is 0 Å². The molecule has 1 fully saturated rings. The van der Waals surface area contributed by atoms with Gasteiger partial charge in [-0.2, -0.15) is 4.98 Å². The Hall–Kier alpha value is -2.21. The Bertz CT molecular complexity index is 894. The molecule has 0 amide bonds. The predicted octanol–water partition coefficient (Wildman–Crippen LogP) is 3.66. The summed E-state index contributed by atoms with van der Waals surface area (Å²) in [7, 11) is 0. The molecule has 0 spiro atoms. The number of hydrogen-bond donors (Lipinski definition) is 1. The van der Waals surface area contributed by atoms with Gasteiger partial charge in [0.25, 0.3) is 11.4 Å². The summed E-state index contributed by atoms with van der Waals surface area (Å²) in [6.45, 7) is 0. The van der Waals surface area contributed by atoms with Gasteiger partial charge in [-0.05, 0) is 42.7 Å². The van der Waals surface area contributed by atoms with Gasteiger partial charge in [-0.3, -0.25) is 4.79 Å². The van der Waals surface area contributed by atoms with Crippen LogP contribution in [-0.4, -0.2) is 15.1 Å². The Morgan fingerprint density at radius 2 is 1.96 bits per heavy atom. The molecule has 0 unspecified atom stereocenters. The van der Waals surface area contributed by atoms with Gasteiger partial charge in [0, 0.05) is 10.7 Å². The molecule has 116 valence electrons. The first-order chi connectivity index (χ1) is 11.2. The van der Waals surface area contributed by atoms with E-state index in [4.69, 9.17) is 4.52 Å². The van der Waals surface area contributed by atoms with Gasteiger partial charge in [0.2, 0.25) is 0 Å². The smallest absolute Gasteiger partial charge is 0.263 e. The van der Waals surface area contributed by atoms with Crippen molar-refractivity contribution >= 4 is 15.9 Å². The number of aromatic nitrogens is 3. The van der Waals surface area contributed by atoms with Crippen LogP contribution >= 0.6 is 15.9 Å². The minimum atomic E-state index is -0.228. The minimum absolute atomic E-state index is 0.204. The topological polar surface area (TPSA) is 71.8 Å². The first kappa shape index (κ1) is 14.4. The van der Waals surface area contributed by atoms with Crippen molar-refractivity contribution in [2.24, 2.45) is 0 Å². The minimum Gasteiger partial charge on any atom is -0.334 e. The molecular weight excluding hydrogens is 358 g/mol. The van der Waals surface area contributed by atoms with Crippen molar-refractivity contribution < 1.29 is 4.52 Å². The van der Waals surface area contributed by atoms with Crippen LogP contribution in [0.4, 0.5) is 0 Å². The van der Waals surface area contributed by atoms with Gasteiger partial charge >= 0.3 is 0 Å². The van der Waals surface area contributed by atoms with Crippen LogP contribution in [0.25, 0.3) is 11.5 Å². The zero-order valence-corrected chi connectivity index (χ0v) is 13.8. The maximum absolute atomic E-state index is 11.9. The zero-order valence-electron chi connectivity index (χ0n) is 12.3. The summed E-state index contributed by atoms with van der Waals surface area (Å²) in [4.78, 5) is 19.0. The molecule has 3 aromatic rings. The second kappa shape index (κ2) is 5.45. The fourth-order valence-electron chi connectivity index (χ4n) is 3.06. The summed E-state index contributed by atoms with van der Waals surface area (Å²) in [6, 6.07) is 11.7. The van der Waals surface area contributed by atoms with Crippen molar-refractivity contribution in [3.8, 4) is 11.5 Å². The molecule has 0 atom stereocenters. The highest BCUT2D eigenvalue weighted by atomic mass is 79.9. The average Bonchev–Trinajstić information content (AvgIpc) is 2.98. The molecule has 1 saturated carbocycles. The Balaban J connectivity index is 1.77. The third-order valence-corrected chi connectivity index (χ3v) is 5.04. The second-order valence-corrected chi connectivity index (χ2v) is 6.69. The van der Waals surface area contributed by atoms with Gasteiger partial charge in [-0.1, -0.05) is 39.6 Å². The number of pyridine rings is 1. The van der Waals surface area contributed by atoms with Crippen molar-refractivity contribution in [2.75, 3.05) is 0 Å². The Morgan fingerprint density at radius 3 is 2.61 bits per heavy atom. The van der Waals surface area contributed by atoms with Gasteiger partial charge in [0.15, 0.2) is 5.82 Å². The fourth-order valence-corrected chi connectivity index (χ4v) is 3.32. The van der Waals surface area contributed by atoms with E-state index >= 15 is 0 Å². The number of rotatable bonds is 3. The number of aromatic amines is 1. The van der Waals surface area contributed by atoms with E-state index in [0.717, 1.165) is 23.7 Å². The zero-order chi connectivity index (χ0) is 15.9. The van der Waals surface area contributed by atoms with E-state index in [0.29, 0.717) is 11.4 Å². The third kappa shape index (κ3) is 2.34. The number of H-pyrrole nitrogens is 1. The largest absolute Gasteiger partial charge is 0.334 e. The first-order valence-corrected chi connectivity index (χ1v) is 8.27. The van der Waals surface area contributed by atoms with Crippen molar-refractivity contribution in [1.82, 2.24) is 15.1 Å². The van der Waals surface area contributed by atoms with E-state index in [1.165, 1.54) is 5.56 Å². The lowest BCUT2D eigenvalue weighted by atomic mass is 9.64. The maximum Gasteiger partial charge on any atom is 0.263 e. The van der Waals surface area contributed by atoms with Gasteiger partial charge in [-0.25, -0.2) is 0 Å². The monoisotopic (exact) mass is 371 g/mol. The molecule has 6 heteroatoms. The molecule has 0 bridgehead atoms. The van der Waals surface area contributed by atoms with Crippen LogP contribution in [0, 0.1) is 0 Å². The van der Waals surface area contributed by atoms with Gasteiger partial charge < -0.3 is 9.51 Å². The van der Waals surface area contributed by atoms with Gasteiger partial charge in [0.05, 0.1) is 5.41 Å². The highest BCUT2D eigenvalue weighted by Gasteiger charge is 2.44. The highest BCUT2D eigenvalue weighted by molar-refractivity contribution is 9.10. The fraction of sp³-hybridized carbons (Fsp3) is 0.235. The van der Waals surface area contributed by atoms with Crippen LogP contribution in [0.3, 0.4) is 0 Å². The second-order valence-electron chi connectivity index (χ2n) is 5.78. The molecule has 0 radical (unpaired) electrons. The van der Waals surface area contributed by atoms with Gasteiger partial charge in [-0.15, -0.1) is 0 Å². The van der Waals surface area contributed by atoms with Crippen molar-refractivity contribution in [3.63, 3.8) is 0 Å². The molecule has 0 aliphatic heterocycles. The summed E-state index contributed by atoms with van der Waals surface area (Å²) in [5.74, 6) is 0.926. The molecule has 1 aromatic carbocycles. The third-order valence-electron chi connectivity index (χ3n) is 4.51. The number of nitrogens with zero attached hydrogens (tertiary/aromatic N) is 2. The van der Waals surface area contributed by atoms with Crippen LogP contribution in [0.2, 0.25) is 0 Å². The van der Waals surface area contributed by atoms with Crippen molar-refractivity contribution in [3.05, 3.63) is 68.8 Å². The highest BCUT2D eigenvalue weighted by Crippen LogP contribution is 2.48. The predicted molar refractivity (Wildman–Crippen MR) is 89.1 cm³/mol. The lowest BCUT2D eigenvalue weighted by Crippen LogP contribution is -2.36. The summed E-state index contributed by atoms with van der Waals surface area (Å²) in [5, 5.41) is 4.18. The Morgan fingerprint density at radius 1 is 1.17 bits per heavy atom. The maximum atomic E-state index is 11.9. The quantitative estimate of drug-likeness (QED) is 0.762. The molecule has 23 heavy (non-hydrogen) atoms. The van der Waals surface area contributed by atoms with E-state index in [1.807, 2.05) is 12.1 Å². The van der Waals surface area contributed by atoms with E-state index < -0.39 is 0 Å². The van der Waals surface area contributed by atoms with Crippen molar-refractivity contribution in [1.29, 1.82) is 0 Å². The standard InChI is InChI=1S/C17H14BrN3O2/c18-12-6-4-11(5-7-12)17(8-2-9-17)16-20-15(23-21-16)13-3-1-10-19-14(13)22/h1,3-7,10H,2,8-9H2,(H,19,22). The van der Waals surface area contributed by atoms with Crippen LogP contribution in [0.1, 0.15) is 30.7 Å². The average molecular weight is 372 g/mol. The molecule has 2 heterocycles. The SMILES string of the molecule is O=c1[nH]cccc1-c1nc(C2(c3ccc(Br)cc3)CCC2)no1. The van der Waals surface area contributed by atoms with Crippen LogP contribution < -0.4 is 5.56 Å². The lowest BCUT2D eigenvalue weighted by molar-refractivity contribution is 0.273. The van der Waals surface area contributed by atoms with E-state index in [-0.39, 0.29) is 16.9 Å². The Kier molecular flexibility index (Phi) is 3.41. The molecule has 4 rings (SSSR count). The molecule has 1 N–H and O–H groups in total. The van der Waals surface area contributed by atoms with Crippen molar-refractivity contribution in [2.45, 2.75) is 24.7 Å². The van der Waals surface area contributed by atoms with E-state index in [9.17, 15) is 4.79 Å². The van der Waals surface area contributed by atoms with E-state index in [2.05, 4.69) is 43.2 Å². The molecule has 5 nitrogen and oxygen atoms in total. The molecule has 1 aliphatic rings. The summed E-state index contributed by atoms with van der Waals surface area (Å²) in [5.41, 5.74) is 1.15. The summed E-state index contributed by atoms with van der Waals surface area (Å²) in [6.07, 6.45) is 4.68. The normalized spacial score (nSPS) is 16.0. The van der Waals surface area contributed by atoms with E-state index in [1.54, 1.807) is 18.3 Å². The van der Waals surface area contributed by atoms with Crippen LogP contribution in [0.15, 0.2) is 56.4 Å². The molecule has 1 aliphatic carbocycles. The first-order valence-electron chi connectivity index (χ1n) is 7.47. The van der Waals surface area contributed by atoms with Crippen LogP contribution in [-0.2, 0) is 5.41 Å². The number of nitrogens with one attached hydrogen (secondary N) is 1. The molecule has 2 aromatic heterocycles. The summed E-state index contributed by atoms with van der Waals surface area (Å²) >= 11 is 3.46. The van der Waals surface area contributed by atoms with Gasteiger partial charge in [0.1, 0.15) is 5.56 Å². The summed E-state index contributed by atoms with van der Waals surface area (Å²) < 4.78 is 6.41. The number of benzene rings is 1. The lowest BCUT2D eigenvalue weighted by Gasteiger charge is -2.39. The molecule has 0 saturated heterocycles. The Labute approximate surface area is 140 Å². The molecular formula is C17H14BrN3O2. The number of halogens is 1.